The molecule has 0 N–H and O–H groups in total. The number of para-hydroxylation sites is 1. The fraction of sp³-hybridized carbons (Fsp3) is 0.231. The maximum atomic E-state index is 13.7. The Morgan fingerprint density at radius 3 is 2.38 bits per heavy atom. The fourth-order valence-electron chi connectivity index (χ4n) is 3.53. The second-order valence-electron chi connectivity index (χ2n) is 8.30. The monoisotopic (exact) mass is 493 g/mol. The standard InChI is InChI=1S/C26H27N3O3S2/c1-19(2)28(3)34(31,32)22-13-9-12-21(18-22)25(30)29(17-16-20-10-5-4-6-11-20)26-27-23-14-7-8-15-24(23)33-26/h4-15,18-19H,16-17H2,1-3H3. The summed E-state index contributed by atoms with van der Waals surface area (Å²) in [7, 11) is -2.17. The predicted molar refractivity (Wildman–Crippen MR) is 138 cm³/mol. The molecule has 6 nitrogen and oxygen atoms in total. The van der Waals surface area contributed by atoms with Crippen LogP contribution >= 0.6 is 11.3 Å². The lowest BCUT2D eigenvalue weighted by Crippen LogP contribution is -2.34. The zero-order valence-corrected chi connectivity index (χ0v) is 21.0. The average Bonchev–Trinajstić information content (AvgIpc) is 3.28. The number of hydrogen-bond acceptors (Lipinski definition) is 5. The van der Waals surface area contributed by atoms with Crippen molar-refractivity contribution < 1.29 is 13.2 Å². The van der Waals surface area contributed by atoms with Crippen molar-refractivity contribution in [3.63, 3.8) is 0 Å². The molecule has 34 heavy (non-hydrogen) atoms. The molecular weight excluding hydrogens is 466 g/mol. The van der Waals surface area contributed by atoms with Crippen LogP contribution in [0.25, 0.3) is 10.2 Å². The molecule has 0 bridgehead atoms. The van der Waals surface area contributed by atoms with Crippen LogP contribution in [0.3, 0.4) is 0 Å². The van der Waals surface area contributed by atoms with Crippen LogP contribution in [0.15, 0.2) is 83.8 Å². The maximum absolute atomic E-state index is 13.7. The van der Waals surface area contributed by atoms with E-state index < -0.39 is 10.0 Å². The van der Waals surface area contributed by atoms with Crippen molar-refractivity contribution >= 4 is 42.6 Å². The van der Waals surface area contributed by atoms with Crippen molar-refractivity contribution in [1.29, 1.82) is 0 Å². The van der Waals surface area contributed by atoms with Gasteiger partial charge in [-0.05, 0) is 56.2 Å². The van der Waals surface area contributed by atoms with Crippen LogP contribution < -0.4 is 4.90 Å². The number of anilines is 1. The van der Waals surface area contributed by atoms with Crippen molar-refractivity contribution in [2.45, 2.75) is 31.2 Å². The highest BCUT2D eigenvalue weighted by atomic mass is 32.2. The quantitative estimate of drug-likeness (QED) is 0.338. The van der Waals surface area contributed by atoms with Crippen LogP contribution in [0, 0.1) is 0 Å². The smallest absolute Gasteiger partial charge is 0.260 e. The number of thiazole rings is 1. The first-order chi connectivity index (χ1) is 16.3. The highest BCUT2D eigenvalue weighted by Crippen LogP contribution is 2.30. The minimum Gasteiger partial charge on any atom is -0.284 e. The third-order valence-electron chi connectivity index (χ3n) is 5.71. The van der Waals surface area contributed by atoms with Gasteiger partial charge in [0, 0.05) is 25.2 Å². The summed E-state index contributed by atoms with van der Waals surface area (Å²) in [5, 5.41) is 0.592. The molecule has 0 unspecified atom stereocenters. The van der Waals surface area contributed by atoms with E-state index in [0.717, 1.165) is 15.8 Å². The summed E-state index contributed by atoms with van der Waals surface area (Å²) in [6, 6.07) is 23.8. The Balaban J connectivity index is 1.70. The van der Waals surface area contributed by atoms with Gasteiger partial charge in [-0.2, -0.15) is 4.31 Å². The van der Waals surface area contributed by atoms with Crippen LogP contribution in [0.5, 0.6) is 0 Å². The number of benzene rings is 3. The van der Waals surface area contributed by atoms with E-state index in [2.05, 4.69) is 0 Å². The molecule has 0 aliphatic carbocycles. The Hall–Kier alpha value is -3.07. The van der Waals surface area contributed by atoms with Crippen molar-refractivity contribution in [2.75, 3.05) is 18.5 Å². The number of nitrogens with zero attached hydrogens (tertiary/aromatic N) is 3. The number of amides is 1. The van der Waals surface area contributed by atoms with E-state index in [1.807, 2.05) is 68.4 Å². The Kier molecular flexibility index (Phi) is 7.11. The number of rotatable bonds is 8. The zero-order valence-electron chi connectivity index (χ0n) is 19.4. The summed E-state index contributed by atoms with van der Waals surface area (Å²) in [4.78, 5) is 20.1. The van der Waals surface area contributed by atoms with Gasteiger partial charge in [-0.3, -0.25) is 9.69 Å². The van der Waals surface area contributed by atoms with Gasteiger partial charge in [0.05, 0.1) is 15.1 Å². The van der Waals surface area contributed by atoms with E-state index in [-0.39, 0.29) is 16.8 Å². The topological polar surface area (TPSA) is 70.6 Å². The molecule has 1 heterocycles. The SMILES string of the molecule is CC(C)N(C)S(=O)(=O)c1cccc(C(=O)N(CCc2ccccc2)c2nc3ccccc3s2)c1. The van der Waals surface area contributed by atoms with Gasteiger partial charge in [0.15, 0.2) is 5.13 Å². The molecule has 0 atom stereocenters. The molecule has 0 spiro atoms. The first-order valence-electron chi connectivity index (χ1n) is 11.1. The molecule has 0 aliphatic heterocycles. The largest absolute Gasteiger partial charge is 0.284 e. The van der Waals surface area contributed by atoms with Gasteiger partial charge in [0.1, 0.15) is 0 Å². The lowest BCUT2D eigenvalue weighted by atomic mass is 10.1. The molecule has 4 rings (SSSR count). The summed E-state index contributed by atoms with van der Waals surface area (Å²) < 4.78 is 28.3. The maximum Gasteiger partial charge on any atom is 0.260 e. The minimum atomic E-state index is -3.71. The zero-order chi connectivity index (χ0) is 24.3. The number of carbonyl (C=O) groups excluding carboxylic acids is 1. The molecule has 3 aromatic carbocycles. The van der Waals surface area contributed by atoms with E-state index in [1.54, 1.807) is 24.1 Å². The lowest BCUT2D eigenvalue weighted by molar-refractivity contribution is 0.0987. The van der Waals surface area contributed by atoms with Gasteiger partial charge in [-0.15, -0.1) is 0 Å². The molecule has 0 saturated heterocycles. The second-order valence-corrected chi connectivity index (χ2v) is 11.3. The predicted octanol–water partition coefficient (Wildman–Crippen LogP) is 5.21. The van der Waals surface area contributed by atoms with Gasteiger partial charge >= 0.3 is 0 Å². The number of sulfonamides is 1. The molecule has 0 saturated carbocycles. The van der Waals surface area contributed by atoms with E-state index in [4.69, 9.17) is 4.98 Å². The summed E-state index contributed by atoms with van der Waals surface area (Å²) in [6.45, 7) is 4.04. The van der Waals surface area contributed by atoms with Crippen LogP contribution in [-0.2, 0) is 16.4 Å². The Morgan fingerprint density at radius 2 is 1.68 bits per heavy atom. The van der Waals surface area contributed by atoms with Crippen molar-refractivity contribution in [2.24, 2.45) is 0 Å². The summed E-state index contributed by atoms with van der Waals surface area (Å²) in [5.41, 5.74) is 2.25. The van der Waals surface area contributed by atoms with E-state index >= 15 is 0 Å². The molecule has 176 valence electrons. The summed E-state index contributed by atoms with van der Waals surface area (Å²) >= 11 is 1.45. The van der Waals surface area contributed by atoms with Gasteiger partial charge in [0.25, 0.3) is 5.91 Å². The van der Waals surface area contributed by atoms with Gasteiger partial charge in [-0.1, -0.05) is 59.9 Å². The first kappa shape index (κ1) is 24.1. The highest BCUT2D eigenvalue weighted by Gasteiger charge is 2.26. The Morgan fingerprint density at radius 1 is 0.971 bits per heavy atom. The van der Waals surface area contributed by atoms with E-state index in [0.29, 0.717) is 23.7 Å². The van der Waals surface area contributed by atoms with Crippen molar-refractivity contribution in [1.82, 2.24) is 9.29 Å². The lowest BCUT2D eigenvalue weighted by Gasteiger charge is -2.22. The number of aromatic nitrogens is 1. The molecular formula is C26H27N3O3S2. The Bertz CT molecular complexity index is 1370. The summed E-state index contributed by atoms with van der Waals surface area (Å²) in [6.07, 6.45) is 0.649. The molecule has 4 aromatic rings. The van der Waals surface area contributed by atoms with Gasteiger partial charge in [0.2, 0.25) is 10.0 Å². The molecule has 0 aliphatic rings. The molecule has 1 aromatic heterocycles. The van der Waals surface area contributed by atoms with Crippen LogP contribution in [-0.4, -0.2) is 43.2 Å². The average molecular weight is 494 g/mol. The van der Waals surface area contributed by atoms with Crippen molar-refractivity contribution in [3.8, 4) is 0 Å². The number of carbonyl (C=O) groups is 1. The third kappa shape index (κ3) is 5.04. The first-order valence-corrected chi connectivity index (χ1v) is 13.3. The molecule has 0 radical (unpaired) electrons. The van der Waals surface area contributed by atoms with Crippen LogP contribution in [0.4, 0.5) is 5.13 Å². The minimum absolute atomic E-state index is 0.0989. The second kappa shape index (κ2) is 10.0. The van der Waals surface area contributed by atoms with E-state index in [1.165, 1.54) is 27.8 Å². The van der Waals surface area contributed by atoms with Crippen molar-refractivity contribution in [3.05, 3.63) is 90.0 Å². The Labute approximate surface area is 204 Å². The van der Waals surface area contributed by atoms with Gasteiger partial charge in [-0.25, -0.2) is 13.4 Å². The fourth-order valence-corrected chi connectivity index (χ4v) is 5.94. The highest BCUT2D eigenvalue weighted by molar-refractivity contribution is 7.89. The normalized spacial score (nSPS) is 11.9. The van der Waals surface area contributed by atoms with Gasteiger partial charge < -0.3 is 0 Å². The number of hydrogen-bond donors (Lipinski definition) is 0. The molecule has 1 amide bonds. The third-order valence-corrected chi connectivity index (χ3v) is 8.80. The van der Waals surface area contributed by atoms with Crippen LogP contribution in [0.2, 0.25) is 0 Å². The molecule has 8 heteroatoms. The van der Waals surface area contributed by atoms with Crippen LogP contribution in [0.1, 0.15) is 29.8 Å². The molecule has 0 fully saturated rings. The number of fused-ring (bicyclic) bond motifs is 1. The summed E-state index contributed by atoms with van der Waals surface area (Å²) in [5.74, 6) is -0.278. The van der Waals surface area contributed by atoms with E-state index in [9.17, 15) is 13.2 Å².